The Morgan fingerprint density at radius 1 is 0.472 bits per heavy atom. The number of anilines is 3. The largest absolute Gasteiger partial charge is 0.310 e. The van der Waals surface area contributed by atoms with Gasteiger partial charge in [0.1, 0.15) is 16.1 Å². The molecular formula is C49H35NSSi2. The maximum atomic E-state index is 2.58. The summed E-state index contributed by atoms with van der Waals surface area (Å²) in [5.74, 6) is 0. The van der Waals surface area contributed by atoms with Crippen molar-refractivity contribution in [2.45, 2.75) is 19.6 Å². The van der Waals surface area contributed by atoms with Crippen molar-refractivity contribution in [2.75, 3.05) is 4.90 Å². The molecule has 13 rings (SSSR count). The first-order valence-corrected chi connectivity index (χ1v) is 25.0. The Hall–Kier alpha value is -5.53. The van der Waals surface area contributed by atoms with E-state index in [0.717, 1.165) is 0 Å². The van der Waals surface area contributed by atoms with Crippen LogP contribution >= 0.6 is 11.3 Å². The van der Waals surface area contributed by atoms with Gasteiger partial charge >= 0.3 is 0 Å². The van der Waals surface area contributed by atoms with Gasteiger partial charge < -0.3 is 4.90 Å². The fourth-order valence-corrected chi connectivity index (χ4v) is 18.8. The van der Waals surface area contributed by atoms with Gasteiger partial charge in [0.15, 0.2) is 0 Å². The zero-order valence-electron chi connectivity index (χ0n) is 29.9. The second kappa shape index (κ2) is 10.3. The van der Waals surface area contributed by atoms with Gasteiger partial charge in [-0.05, 0) is 101 Å². The summed E-state index contributed by atoms with van der Waals surface area (Å²) in [7, 11) is -4.25. The van der Waals surface area contributed by atoms with Crippen molar-refractivity contribution in [3.05, 3.63) is 158 Å². The number of hydrogen-bond donors (Lipinski definition) is 0. The van der Waals surface area contributed by atoms with Gasteiger partial charge in [0.25, 0.3) is 0 Å². The van der Waals surface area contributed by atoms with Crippen molar-refractivity contribution < 1.29 is 0 Å². The first-order valence-electron chi connectivity index (χ1n) is 18.7. The number of fused-ring (bicyclic) bond motifs is 4. The van der Waals surface area contributed by atoms with Crippen molar-refractivity contribution >= 4 is 101 Å². The SMILES string of the molecule is C[Si]1(C)c2cccc3c2-c2c1ccc1c2sc2cc(ccc21)[Si]1(C)c2ccccc2-c2cc(ccc21)N3c1ccc(-c2ccc3ccccc3c2)cc1. The molecule has 7 bridgehead atoms. The lowest BCUT2D eigenvalue weighted by molar-refractivity contribution is 1.29. The molecule has 9 aromatic rings. The highest BCUT2D eigenvalue weighted by atomic mass is 32.1. The summed E-state index contributed by atoms with van der Waals surface area (Å²) in [6.45, 7) is 7.68. The Bertz CT molecular complexity index is 3060. The highest BCUT2D eigenvalue weighted by Crippen LogP contribution is 2.49. The zero-order chi connectivity index (χ0) is 35.2. The number of hydrogen-bond acceptors (Lipinski definition) is 2. The molecule has 5 heterocycles. The van der Waals surface area contributed by atoms with Crippen LogP contribution in [-0.2, 0) is 0 Å². The molecule has 4 aliphatic heterocycles. The predicted molar refractivity (Wildman–Crippen MR) is 235 cm³/mol. The van der Waals surface area contributed by atoms with E-state index in [1.54, 1.807) is 5.19 Å². The second-order valence-corrected chi connectivity index (χ2v) is 25.1. The Morgan fingerprint density at radius 3 is 2.06 bits per heavy atom. The third-order valence-corrected chi connectivity index (χ3v) is 22.1. The molecule has 4 aliphatic rings. The lowest BCUT2D eigenvalue weighted by atomic mass is 9.98. The van der Waals surface area contributed by atoms with E-state index < -0.39 is 16.1 Å². The molecule has 0 radical (unpaired) electrons. The fraction of sp³-hybridized carbons (Fsp3) is 0.0612. The minimum Gasteiger partial charge on any atom is -0.310 e. The normalized spacial score (nSPS) is 17.2. The number of nitrogens with zero attached hydrogens (tertiary/aromatic N) is 1. The van der Waals surface area contributed by atoms with E-state index >= 15 is 0 Å². The van der Waals surface area contributed by atoms with Crippen LogP contribution in [0.1, 0.15) is 0 Å². The number of rotatable bonds is 2. The van der Waals surface area contributed by atoms with Crippen molar-refractivity contribution in [2.24, 2.45) is 0 Å². The van der Waals surface area contributed by atoms with Gasteiger partial charge in [0, 0.05) is 42.7 Å². The van der Waals surface area contributed by atoms with Gasteiger partial charge in [-0.3, -0.25) is 0 Å². The van der Waals surface area contributed by atoms with Gasteiger partial charge in [0.2, 0.25) is 0 Å². The smallest absolute Gasteiger partial charge is 0.147 e. The highest BCUT2D eigenvalue weighted by Gasteiger charge is 2.45. The van der Waals surface area contributed by atoms with Crippen LogP contribution in [0.2, 0.25) is 19.6 Å². The zero-order valence-corrected chi connectivity index (χ0v) is 32.7. The van der Waals surface area contributed by atoms with Crippen molar-refractivity contribution in [1.29, 1.82) is 0 Å². The number of benzene rings is 8. The standard InChI is InChI=1S/C49H35NSSi2/c1-52(2)45-14-8-12-41-47(45)48-46(52)26-24-39-37-23-22-36(29-42(37)51-49(39)48)53(3)43-13-7-6-11-38(43)40-28-35(21-25-44(40)53)50(41)34-19-17-31(18-20-34)33-16-15-30-9-4-5-10-32(30)27-33/h4-29H,1-3H3. The third-order valence-electron chi connectivity index (χ3n) is 12.9. The molecule has 53 heavy (non-hydrogen) atoms. The molecule has 8 aromatic carbocycles. The van der Waals surface area contributed by atoms with E-state index in [2.05, 4.69) is 182 Å². The van der Waals surface area contributed by atoms with Crippen LogP contribution < -0.4 is 30.8 Å². The Labute approximate surface area is 315 Å². The molecule has 250 valence electrons. The first kappa shape index (κ1) is 30.0. The molecule has 0 N–H and O–H groups in total. The molecule has 4 heteroatoms. The van der Waals surface area contributed by atoms with Gasteiger partial charge in [-0.15, -0.1) is 11.3 Å². The summed E-state index contributed by atoms with van der Waals surface area (Å²) in [5.41, 5.74) is 11.8. The maximum absolute atomic E-state index is 2.58. The Balaban J connectivity index is 1.17. The quantitative estimate of drug-likeness (QED) is 0.160. The predicted octanol–water partition coefficient (Wildman–Crippen LogP) is 10.5. The molecular weight excluding hydrogens is 691 g/mol. The summed E-state index contributed by atoms with van der Waals surface area (Å²) < 4.78 is 2.85. The summed E-state index contributed by atoms with van der Waals surface area (Å²) in [6, 6.07) is 60.9. The third kappa shape index (κ3) is 3.85. The average Bonchev–Trinajstić information content (AvgIpc) is 3.78. The van der Waals surface area contributed by atoms with Crippen LogP contribution in [0.4, 0.5) is 17.1 Å². The maximum Gasteiger partial charge on any atom is 0.147 e. The van der Waals surface area contributed by atoms with Crippen molar-refractivity contribution in [3.63, 3.8) is 0 Å². The molecule has 1 atom stereocenters. The second-order valence-electron chi connectivity index (χ2n) is 15.8. The van der Waals surface area contributed by atoms with Crippen LogP contribution in [0, 0.1) is 0 Å². The van der Waals surface area contributed by atoms with E-state index in [1.807, 2.05) is 11.3 Å². The van der Waals surface area contributed by atoms with E-state index in [0.29, 0.717) is 0 Å². The van der Waals surface area contributed by atoms with Crippen molar-refractivity contribution in [3.8, 4) is 33.4 Å². The molecule has 1 aromatic heterocycles. The fourth-order valence-electron chi connectivity index (χ4n) is 10.1. The van der Waals surface area contributed by atoms with Crippen LogP contribution in [0.3, 0.4) is 0 Å². The first-order chi connectivity index (χ1) is 25.9. The minimum absolute atomic E-state index is 1.18. The van der Waals surface area contributed by atoms with Gasteiger partial charge in [-0.2, -0.15) is 0 Å². The van der Waals surface area contributed by atoms with Gasteiger partial charge in [-0.25, -0.2) is 0 Å². The summed E-state index contributed by atoms with van der Waals surface area (Å²) in [6.07, 6.45) is 0. The molecule has 0 fully saturated rings. The molecule has 0 amide bonds. The lowest BCUT2D eigenvalue weighted by Gasteiger charge is -2.30. The molecule has 0 saturated carbocycles. The number of thiophene rings is 1. The van der Waals surface area contributed by atoms with Gasteiger partial charge in [-0.1, -0.05) is 135 Å². The molecule has 1 unspecified atom stereocenters. The molecule has 0 spiro atoms. The molecule has 1 nitrogen and oxygen atoms in total. The Kier molecular flexibility index (Phi) is 5.84. The van der Waals surface area contributed by atoms with E-state index in [-0.39, 0.29) is 0 Å². The van der Waals surface area contributed by atoms with E-state index in [4.69, 9.17) is 0 Å². The monoisotopic (exact) mass is 725 g/mol. The molecule has 0 saturated heterocycles. The summed E-state index contributed by atoms with van der Waals surface area (Å²) in [4.78, 5) is 2.57. The van der Waals surface area contributed by atoms with Crippen LogP contribution in [0.25, 0.3) is 64.3 Å². The minimum atomic E-state index is -2.27. The lowest BCUT2D eigenvalue weighted by Crippen LogP contribution is -2.62. The van der Waals surface area contributed by atoms with Crippen molar-refractivity contribution in [1.82, 2.24) is 0 Å². The topological polar surface area (TPSA) is 3.24 Å². The van der Waals surface area contributed by atoms with Crippen LogP contribution in [-0.4, -0.2) is 16.1 Å². The highest BCUT2D eigenvalue weighted by molar-refractivity contribution is 7.27. The summed E-state index contributed by atoms with van der Waals surface area (Å²) in [5, 5.41) is 13.0. The average molecular weight is 726 g/mol. The van der Waals surface area contributed by atoms with E-state index in [9.17, 15) is 0 Å². The molecule has 0 aliphatic carbocycles. The van der Waals surface area contributed by atoms with E-state index in [1.165, 1.54) is 102 Å². The van der Waals surface area contributed by atoms with Crippen LogP contribution in [0.5, 0.6) is 0 Å². The van der Waals surface area contributed by atoms with Gasteiger partial charge in [0.05, 0.1) is 5.69 Å². The Morgan fingerprint density at radius 2 is 1.17 bits per heavy atom. The van der Waals surface area contributed by atoms with Crippen LogP contribution in [0.15, 0.2) is 158 Å². The summed E-state index contributed by atoms with van der Waals surface area (Å²) >= 11 is 2.02.